The zero-order valence-electron chi connectivity index (χ0n) is 10.8. The average molecular weight is 394 g/mol. The normalized spacial score (nSPS) is 12.4. The molecule has 0 radical (unpaired) electrons. The Labute approximate surface area is 142 Å². The van der Waals surface area contributed by atoms with Gasteiger partial charge in [-0.15, -0.1) is 0 Å². The van der Waals surface area contributed by atoms with Gasteiger partial charge in [0.05, 0.1) is 16.1 Å². The molecule has 0 fully saturated rings. The summed E-state index contributed by atoms with van der Waals surface area (Å²) in [6, 6.07) is 11.3. The van der Waals surface area contributed by atoms with Crippen LogP contribution in [0.2, 0.25) is 15.1 Å². The summed E-state index contributed by atoms with van der Waals surface area (Å²) >= 11 is 22.0. The fourth-order valence-corrected chi connectivity index (χ4v) is 3.40. The molecule has 2 rings (SSSR count). The number of hydrogen-bond acceptors (Lipinski definition) is 1. The molecule has 2 aromatic carbocycles. The predicted octanol–water partition coefficient (Wildman–Crippen LogP) is 6.11. The highest BCUT2D eigenvalue weighted by molar-refractivity contribution is 9.10. The summed E-state index contributed by atoms with van der Waals surface area (Å²) in [5, 5.41) is 5.24. The summed E-state index contributed by atoms with van der Waals surface area (Å²) in [5.74, 6) is 0. The zero-order valence-corrected chi connectivity index (χ0v) is 14.6. The van der Waals surface area contributed by atoms with Crippen molar-refractivity contribution in [1.29, 1.82) is 0 Å². The molecule has 0 saturated carbocycles. The van der Waals surface area contributed by atoms with Gasteiger partial charge in [0.25, 0.3) is 0 Å². The highest BCUT2D eigenvalue weighted by Gasteiger charge is 2.19. The smallest absolute Gasteiger partial charge is 0.0643 e. The van der Waals surface area contributed by atoms with Crippen LogP contribution in [-0.2, 0) is 0 Å². The standard InChI is InChI=1S/C15H13BrCl3N/c1-2-20-15(10-7-6-9(17)8-12(10)16)11-4-3-5-13(18)14(11)19/h3-8,15,20H,2H2,1H3. The van der Waals surface area contributed by atoms with Crippen molar-refractivity contribution < 1.29 is 0 Å². The van der Waals surface area contributed by atoms with Gasteiger partial charge in [-0.1, -0.05) is 75.9 Å². The monoisotopic (exact) mass is 391 g/mol. The SMILES string of the molecule is CCNC(c1ccc(Cl)cc1Br)c1cccc(Cl)c1Cl. The lowest BCUT2D eigenvalue weighted by Gasteiger charge is -2.22. The molecule has 0 aliphatic heterocycles. The van der Waals surface area contributed by atoms with E-state index >= 15 is 0 Å². The Bertz CT molecular complexity index is 616. The molecule has 1 atom stereocenters. The second-order valence-electron chi connectivity index (χ2n) is 4.30. The lowest BCUT2D eigenvalue weighted by atomic mass is 9.98. The molecule has 0 saturated heterocycles. The van der Waals surface area contributed by atoms with E-state index in [0.29, 0.717) is 15.1 Å². The van der Waals surface area contributed by atoms with Crippen LogP contribution in [0.3, 0.4) is 0 Å². The van der Waals surface area contributed by atoms with Gasteiger partial charge in [0.15, 0.2) is 0 Å². The molecule has 1 unspecified atom stereocenters. The van der Waals surface area contributed by atoms with E-state index in [-0.39, 0.29) is 6.04 Å². The summed E-state index contributed by atoms with van der Waals surface area (Å²) in [7, 11) is 0. The van der Waals surface area contributed by atoms with Crippen LogP contribution in [0.1, 0.15) is 24.1 Å². The van der Waals surface area contributed by atoms with E-state index in [4.69, 9.17) is 34.8 Å². The molecule has 0 amide bonds. The lowest BCUT2D eigenvalue weighted by Crippen LogP contribution is -2.22. The number of halogens is 4. The number of rotatable bonds is 4. The minimum atomic E-state index is -0.0437. The highest BCUT2D eigenvalue weighted by atomic mass is 79.9. The molecule has 2 aromatic rings. The van der Waals surface area contributed by atoms with Crippen LogP contribution in [0.25, 0.3) is 0 Å². The van der Waals surface area contributed by atoms with Gasteiger partial charge in [0.2, 0.25) is 0 Å². The first-order valence-corrected chi connectivity index (χ1v) is 8.09. The average Bonchev–Trinajstić information content (AvgIpc) is 2.40. The largest absolute Gasteiger partial charge is 0.306 e. The van der Waals surface area contributed by atoms with Crippen LogP contribution in [-0.4, -0.2) is 6.54 Å². The fourth-order valence-electron chi connectivity index (χ4n) is 2.07. The maximum atomic E-state index is 6.34. The number of benzene rings is 2. The molecular formula is C15H13BrCl3N. The van der Waals surface area contributed by atoms with Crippen LogP contribution >= 0.6 is 50.7 Å². The van der Waals surface area contributed by atoms with E-state index in [2.05, 4.69) is 28.2 Å². The second-order valence-corrected chi connectivity index (χ2v) is 6.38. The summed E-state index contributed by atoms with van der Waals surface area (Å²) in [6.45, 7) is 2.86. The van der Waals surface area contributed by atoms with Crippen molar-refractivity contribution in [3.8, 4) is 0 Å². The quantitative estimate of drug-likeness (QED) is 0.661. The summed E-state index contributed by atoms with van der Waals surface area (Å²) < 4.78 is 0.937. The van der Waals surface area contributed by atoms with E-state index in [0.717, 1.165) is 22.1 Å². The Balaban J connectivity index is 2.53. The molecule has 106 valence electrons. The van der Waals surface area contributed by atoms with E-state index in [1.807, 2.05) is 30.3 Å². The maximum absolute atomic E-state index is 6.34. The van der Waals surface area contributed by atoms with E-state index in [9.17, 15) is 0 Å². The fraction of sp³-hybridized carbons (Fsp3) is 0.200. The third kappa shape index (κ3) is 3.49. The van der Waals surface area contributed by atoms with Crippen molar-refractivity contribution in [1.82, 2.24) is 5.32 Å². The molecule has 1 nitrogen and oxygen atoms in total. The summed E-state index contributed by atoms with van der Waals surface area (Å²) in [5.41, 5.74) is 2.02. The Morgan fingerprint density at radius 3 is 2.50 bits per heavy atom. The molecule has 1 N–H and O–H groups in total. The second kappa shape index (κ2) is 7.15. The van der Waals surface area contributed by atoms with Crippen LogP contribution in [0, 0.1) is 0 Å². The Hall–Kier alpha value is -0.250. The number of nitrogens with one attached hydrogen (secondary N) is 1. The molecule has 0 bridgehead atoms. The van der Waals surface area contributed by atoms with E-state index in [1.165, 1.54) is 0 Å². The molecule has 0 aromatic heterocycles. The summed E-state index contributed by atoms with van der Waals surface area (Å²) in [4.78, 5) is 0. The molecule has 0 aliphatic carbocycles. The van der Waals surface area contributed by atoms with E-state index in [1.54, 1.807) is 6.07 Å². The van der Waals surface area contributed by atoms with Crippen molar-refractivity contribution in [2.75, 3.05) is 6.54 Å². The van der Waals surface area contributed by atoms with Gasteiger partial charge >= 0.3 is 0 Å². The van der Waals surface area contributed by atoms with Gasteiger partial charge in [-0.2, -0.15) is 0 Å². The number of hydrogen-bond donors (Lipinski definition) is 1. The van der Waals surface area contributed by atoms with Crippen molar-refractivity contribution in [3.63, 3.8) is 0 Å². The van der Waals surface area contributed by atoms with E-state index < -0.39 is 0 Å². The predicted molar refractivity (Wildman–Crippen MR) is 91.1 cm³/mol. The van der Waals surface area contributed by atoms with Crippen LogP contribution in [0.4, 0.5) is 0 Å². The first kappa shape index (κ1) is 16.1. The molecule has 0 spiro atoms. The lowest BCUT2D eigenvalue weighted by molar-refractivity contribution is 0.629. The van der Waals surface area contributed by atoms with Gasteiger partial charge < -0.3 is 5.32 Å². The Morgan fingerprint density at radius 2 is 1.85 bits per heavy atom. The van der Waals surface area contributed by atoms with Gasteiger partial charge in [-0.25, -0.2) is 0 Å². The minimum absolute atomic E-state index is 0.0437. The third-order valence-corrected chi connectivity index (χ3v) is 4.73. The molecule has 0 heterocycles. The molecule has 20 heavy (non-hydrogen) atoms. The van der Waals surface area contributed by atoms with Crippen LogP contribution < -0.4 is 5.32 Å². The molecule has 5 heteroatoms. The van der Waals surface area contributed by atoms with Gasteiger partial charge in [0, 0.05) is 9.50 Å². The van der Waals surface area contributed by atoms with Crippen molar-refractivity contribution in [2.45, 2.75) is 13.0 Å². The van der Waals surface area contributed by atoms with Crippen molar-refractivity contribution in [3.05, 3.63) is 67.1 Å². The highest BCUT2D eigenvalue weighted by Crippen LogP contribution is 2.36. The first-order chi connectivity index (χ1) is 9.54. The Morgan fingerprint density at radius 1 is 1.10 bits per heavy atom. The van der Waals surface area contributed by atoms with Crippen LogP contribution in [0.5, 0.6) is 0 Å². The molecular weight excluding hydrogens is 380 g/mol. The topological polar surface area (TPSA) is 12.0 Å². The summed E-state index contributed by atoms with van der Waals surface area (Å²) in [6.07, 6.45) is 0. The van der Waals surface area contributed by atoms with Crippen molar-refractivity contribution in [2.24, 2.45) is 0 Å². The van der Waals surface area contributed by atoms with Crippen molar-refractivity contribution >= 4 is 50.7 Å². The Kier molecular flexibility index (Phi) is 5.76. The third-order valence-electron chi connectivity index (χ3n) is 2.97. The molecule has 0 aliphatic rings. The maximum Gasteiger partial charge on any atom is 0.0643 e. The van der Waals surface area contributed by atoms with Crippen LogP contribution in [0.15, 0.2) is 40.9 Å². The van der Waals surface area contributed by atoms with Gasteiger partial charge in [0.1, 0.15) is 0 Å². The van der Waals surface area contributed by atoms with Gasteiger partial charge in [-0.05, 0) is 35.9 Å². The van der Waals surface area contributed by atoms with Gasteiger partial charge in [-0.3, -0.25) is 0 Å². The zero-order chi connectivity index (χ0) is 14.7. The first-order valence-electron chi connectivity index (χ1n) is 6.16. The minimum Gasteiger partial charge on any atom is -0.306 e.